The second kappa shape index (κ2) is 8.14. The Kier molecular flexibility index (Phi) is 5.66. The molecule has 1 aromatic heterocycles. The van der Waals surface area contributed by atoms with Gasteiger partial charge in [0.15, 0.2) is 0 Å². The third-order valence-electron chi connectivity index (χ3n) is 4.61. The van der Waals surface area contributed by atoms with E-state index in [1.807, 2.05) is 25.1 Å². The summed E-state index contributed by atoms with van der Waals surface area (Å²) in [6, 6.07) is 11.8. The van der Waals surface area contributed by atoms with Gasteiger partial charge in [-0.25, -0.2) is 0 Å². The Labute approximate surface area is 158 Å². The number of ketones is 1. The molecule has 1 aliphatic rings. The Hall–Kier alpha value is -2.99. The minimum Gasteiger partial charge on any atom is -0.507 e. The van der Waals surface area contributed by atoms with Crippen LogP contribution in [0.4, 0.5) is 0 Å². The molecule has 2 aromatic rings. The molecule has 1 N–H and O–H groups in total. The van der Waals surface area contributed by atoms with Crippen LogP contribution in [0, 0.1) is 0 Å². The highest BCUT2D eigenvalue weighted by Crippen LogP contribution is 2.39. The molecule has 1 saturated heterocycles. The zero-order valence-corrected chi connectivity index (χ0v) is 15.5. The topological polar surface area (TPSA) is 73.7 Å². The molecule has 1 fully saturated rings. The van der Waals surface area contributed by atoms with E-state index in [1.165, 1.54) is 0 Å². The lowest BCUT2D eigenvalue weighted by atomic mass is 9.96. The lowest BCUT2D eigenvalue weighted by Crippen LogP contribution is -2.32. The molecule has 3 rings (SSSR count). The third-order valence-corrected chi connectivity index (χ3v) is 4.61. The van der Waals surface area contributed by atoms with Crippen molar-refractivity contribution in [3.8, 4) is 0 Å². The number of hydrogen-bond acceptors (Lipinski definition) is 5. The van der Waals surface area contributed by atoms with Crippen LogP contribution in [-0.2, 0) is 9.59 Å². The van der Waals surface area contributed by atoms with Crippen molar-refractivity contribution in [3.63, 3.8) is 0 Å². The van der Waals surface area contributed by atoms with Gasteiger partial charge in [0.05, 0.1) is 11.6 Å². The van der Waals surface area contributed by atoms with E-state index in [-0.39, 0.29) is 11.3 Å². The van der Waals surface area contributed by atoms with Crippen LogP contribution in [-0.4, -0.2) is 58.8 Å². The molecule has 0 unspecified atom stereocenters. The first-order chi connectivity index (χ1) is 13.0. The lowest BCUT2D eigenvalue weighted by molar-refractivity contribution is -0.139. The molecule has 1 aliphatic heterocycles. The number of rotatable bonds is 6. The summed E-state index contributed by atoms with van der Waals surface area (Å²) in [4.78, 5) is 33.1. The van der Waals surface area contributed by atoms with Crippen molar-refractivity contribution >= 4 is 17.4 Å². The second-order valence-corrected chi connectivity index (χ2v) is 6.80. The van der Waals surface area contributed by atoms with Gasteiger partial charge in [-0.15, -0.1) is 0 Å². The first kappa shape index (κ1) is 18.8. The fourth-order valence-electron chi connectivity index (χ4n) is 3.31. The van der Waals surface area contributed by atoms with E-state index >= 15 is 0 Å². The second-order valence-electron chi connectivity index (χ2n) is 6.80. The number of carbonyl (C=O) groups is 2. The number of likely N-dealkylation sites (tertiary alicyclic amines) is 1. The summed E-state index contributed by atoms with van der Waals surface area (Å²) in [5.74, 6) is -1.37. The van der Waals surface area contributed by atoms with Crippen LogP contribution in [0.3, 0.4) is 0 Å². The fourth-order valence-corrected chi connectivity index (χ4v) is 3.31. The summed E-state index contributed by atoms with van der Waals surface area (Å²) in [5.41, 5.74) is 1.40. The average Bonchev–Trinajstić information content (AvgIpc) is 2.93. The predicted molar refractivity (Wildman–Crippen MR) is 103 cm³/mol. The molecular formula is C21H23N3O3. The van der Waals surface area contributed by atoms with Crippen LogP contribution in [0.25, 0.3) is 5.76 Å². The van der Waals surface area contributed by atoms with Crippen LogP contribution in [0.1, 0.15) is 23.6 Å². The Morgan fingerprint density at radius 2 is 1.78 bits per heavy atom. The monoisotopic (exact) mass is 365 g/mol. The van der Waals surface area contributed by atoms with E-state index in [9.17, 15) is 14.7 Å². The minimum atomic E-state index is -0.650. The average molecular weight is 365 g/mol. The molecule has 0 aliphatic carbocycles. The molecule has 0 radical (unpaired) electrons. The zero-order chi connectivity index (χ0) is 19.4. The zero-order valence-electron chi connectivity index (χ0n) is 15.5. The van der Waals surface area contributed by atoms with E-state index in [4.69, 9.17) is 0 Å². The van der Waals surface area contributed by atoms with Gasteiger partial charge in [0.25, 0.3) is 11.7 Å². The van der Waals surface area contributed by atoms with Gasteiger partial charge in [0, 0.05) is 24.5 Å². The Bertz CT molecular complexity index is 847. The van der Waals surface area contributed by atoms with E-state index in [1.54, 1.807) is 53.7 Å². The van der Waals surface area contributed by atoms with Crippen molar-refractivity contribution in [2.75, 3.05) is 27.2 Å². The van der Waals surface area contributed by atoms with Crippen molar-refractivity contribution in [2.45, 2.75) is 12.5 Å². The Morgan fingerprint density at radius 1 is 1.11 bits per heavy atom. The summed E-state index contributed by atoms with van der Waals surface area (Å²) < 4.78 is 0. The molecule has 27 heavy (non-hydrogen) atoms. The van der Waals surface area contributed by atoms with Crippen molar-refractivity contribution < 1.29 is 14.7 Å². The molecule has 1 aromatic carbocycles. The number of carbonyl (C=O) groups excluding carboxylic acids is 2. The molecule has 1 amide bonds. The van der Waals surface area contributed by atoms with Crippen molar-refractivity contribution in [3.05, 3.63) is 71.6 Å². The summed E-state index contributed by atoms with van der Waals surface area (Å²) >= 11 is 0. The highest BCUT2D eigenvalue weighted by Gasteiger charge is 2.45. The summed E-state index contributed by atoms with van der Waals surface area (Å²) in [6.07, 6.45) is 3.97. The molecule has 6 heteroatoms. The molecule has 6 nitrogen and oxygen atoms in total. The van der Waals surface area contributed by atoms with Gasteiger partial charge in [0.1, 0.15) is 5.76 Å². The maximum atomic E-state index is 12.8. The largest absolute Gasteiger partial charge is 0.507 e. The van der Waals surface area contributed by atoms with Gasteiger partial charge in [-0.05, 0) is 44.8 Å². The molecule has 0 saturated carbocycles. The van der Waals surface area contributed by atoms with E-state index in [2.05, 4.69) is 4.98 Å². The maximum absolute atomic E-state index is 12.8. The summed E-state index contributed by atoms with van der Waals surface area (Å²) in [7, 11) is 3.92. The number of nitrogens with zero attached hydrogens (tertiary/aromatic N) is 3. The third kappa shape index (κ3) is 3.90. The van der Waals surface area contributed by atoms with Gasteiger partial charge < -0.3 is 14.9 Å². The van der Waals surface area contributed by atoms with Crippen LogP contribution in [0.5, 0.6) is 0 Å². The van der Waals surface area contributed by atoms with Crippen LogP contribution < -0.4 is 0 Å². The van der Waals surface area contributed by atoms with E-state index in [0.717, 1.165) is 18.5 Å². The Balaban J connectivity index is 2.05. The van der Waals surface area contributed by atoms with Crippen molar-refractivity contribution in [1.82, 2.24) is 14.8 Å². The van der Waals surface area contributed by atoms with Crippen LogP contribution >= 0.6 is 0 Å². The molecule has 0 spiro atoms. The van der Waals surface area contributed by atoms with Gasteiger partial charge in [-0.3, -0.25) is 14.6 Å². The first-order valence-corrected chi connectivity index (χ1v) is 8.89. The van der Waals surface area contributed by atoms with E-state index < -0.39 is 17.7 Å². The number of hydrogen-bond donors (Lipinski definition) is 1. The van der Waals surface area contributed by atoms with Crippen LogP contribution in [0.2, 0.25) is 0 Å². The maximum Gasteiger partial charge on any atom is 0.295 e. The lowest BCUT2D eigenvalue weighted by Gasteiger charge is -2.25. The molecule has 2 heterocycles. The molecule has 0 bridgehead atoms. The summed E-state index contributed by atoms with van der Waals surface area (Å²) in [6.45, 7) is 1.23. The fraction of sp³-hybridized carbons (Fsp3) is 0.286. The van der Waals surface area contributed by atoms with Crippen molar-refractivity contribution in [1.29, 1.82) is 0 Å². The summed E-state index contributed by atoms with van der Waals surface area (Å²) in [5, 5.41) is 10.8. The molecular weight excluding hydrogens is 342 g/mol. The first-order valence-electron chi connectivity index (χ1n) is 8.89. The van der Waals surface area contributed by atoms with Gasteiger partial charge in [-0.1, -0.05) is 30.3 Å². The number of aliphatic hydroxyl groups excluding tert-OH is 1. The number of aromatic nitrogens is 1. The normalized spacial score (nSPS) is 19.1. The number of pyridine rings is 1. The Morgan fingerprint density at radius 3 is 2.41 bits per heavy atom. The number of Topliss-reactive ketones (excluding diaryl/α,β-unsaturated/α-hetero) is 1. The van der Waals surface area contributed by atoms with Gasteiger partial charge in [-0.2, -0.15) is 0 Å². The number of aliphatic hydroxyl groups is 1. The molecule has 140 valence electrons. The predicted octanol–water partition coefficient (Wildman–Crippen LogP) is 2.46. The highest BCUT2D eigenvalue weighted by atomic mass is 16.3. The smallest absolute Gasteiger partial charge is 0.295 e. The number of benzene rings is 1. The van der Waals surface area contributed by atoms with Gasteiger partial charge in [0.2, 0.25) is 0 Å². The minimum absolute atomic E-state index is 0.127. The van der Waals surface area contributed by atoms with Gasteiger partial charge >= 0.3 is 0 Å². The highest BCUT2D eigenvalue weighted by molar-refractivity contribution is 6.46. The van der Waals surface area contributed by atoms with Crippen molar-refractivity contribution in [2.24, 2.45) is 0 Å². The standard InChI is InChI=1S/C21H23N3O3/c1-23(2)13-6-14-24-18(15-9-11-22-12-10-15)17(20(26)21(24)27)19(25)16-7-4-3-5-8-16/h3-5,7-12,18,25H,6,13-14H2,1-2H3/t18-/m0/s1. The molecule has 1 atom stereocenters. The van der Waals surface area contributed by atoms with E-state index in [0.29, 0.717) is 12.1 Å². The SMILES string of the molecule is CN(C)CCCN1C(=O)C(=O)C(=C(O)c2ccccc2)[C@@H]1c1ccncc1. The van der Waals surface area contributed by atoms with Crippen LogP contribution in [0.15, 0.2) is 60.4 Å². The number of amides is 1. The quantitative estimate of drug-likeness (QED) is 0.484.